The van der Waals surface area contributed by atoms with Gasteiger partial charge < -0.3 is 25.3 Å². The molecule has 1 aliphatic rings. The van der Waals surface area contributed by atoms with Crippen molar-refractivity contribution >= 4 is 23.6 Å². The molecular formula is C20H34ClN5O3. The zero-order valence-electron chi connectivity index (χ0n) is 18.1. The van der Waals surface area contributed by atoms with Crippen LogP contribution in [0.15, 0.2) is 0 Å². The molecule has 2 heterocycles. The number of aryl methyl sites for hydroxylation is 1. The molecule has 2 atom stereocenters. The van der Waals surface area contributed by atoms with Gasteiger partial charge >= 0.3 is 6.09 Å². The SMILES string of the molecule is CCCCNC1CN(C(=O)OC(C)(C)C)CCC1NC(=O)c1nc(Cl)c(CC)[nH]1. The van der Waals surface area contributed by atoms with Gasteiger partial charge in [-0.1, -0.05) is 31.9 Å². The lowest BCUT2D eigenvalue weighted by molar-refractivity contribution is 0.0163. The molecule has 0 spiro atoms. The summed E-state index contributed by atoms with van der Waals surface area (Å²) in [4.78, 5) is 34.0. The molecule has 8 nitrogen and oxygen atoms in total. The Balaban J connectivity index is 2.04. The summed E-state index contributed by atoms with van der Waals surface area (Å²) in [5.74, 6) is -0.0710. The summed E-state index contributed by atoms with van der Waals surface area (Å²) in [5.41, 5.74) is 0.206. The molecule has 0 aliphatic carbocycles. The van der Waals surface area contributed by atoms with Crippen LogP contribution in [0.25, 0.3) is 0 Å². The lowest BCUT2D eigenvalue weighted by Gasteiger charge is -2.39. The second kappa shape index (κ2) is 10.3. The van der Waals surface area contributed by atoms with E-state index in [1.807, 2.05) is 27.7 Å². The van der Waals surface area contributed by atoms with Crippen LogP contribution in [-0.2, 0) is 11.2 Å². The quantitative estimate of drug-likeness (QED) is 0.580. The molecule has 9 heteroatoms. The number of H-pyrrole nitrogens is 1. The van der Waals surface area contributed by atoms with Crippen molar-refractivity contribution in [3.63, 3.8) is 0 Å². The Morgan fingerprint density at radius 2 is 2.03 bits per heavy atom. The zero-order valence-corrected chi connectivity index (χ0v) is 18.9. The lowest BCUT2D eigenvalue weighted by Crippen LogP contribution is -2.61. The number of amides is 2. The van der Waals surface area contributed by atoms with Gasteiger partial charge in [-0.25, -0.2) is 9.78 Å². The van der Waals surface area contributed by atoms with Gasteiger partial charge in [-0.3, -0.25) is 4.79 Å². The normalized spacial score (nSPS) is 19.9. The van der Waals surface area contributed by atoms with Gasteiger partial charge in [0.05, 0.1) is 5.69 Å². The average Bonchev–Trinajstić information content (AvgIpc) is 3.02. The minimum atomic E-state index is -0.539. The van der Waals surface area contributed by atoms with E-state index in [0.29, 0.717) is 31.1 Å². The predicted octanol–water partition coefficient (Wildman–Crippen LogP) is 3.12. The molecule has 0 aromatic carbocycles. The second-order valence-corrected chi connectivity index (χ2v) is 8.78. The van der Waals surface area contributed by atoms with E-state index >= 15 is 0 Å². The van der Waals surface area contributed by atoms with E-state index in [0.717, 1.165) is 25.1 Å². The van der Waals surface area contributed by atoms with E-state index in [-0.39, 0.29) is 29.9 Å². The molecule has 1 aromatic rings. The molecule has 0 radical (unpaired) electrons. The van der Waals surface area contributed by atoms with Crippen molar-refractivity contribution in [1.29, 1.82) is 0 Å². The number of aromatic amines is 1. The Morgan fingerprint density at radius 1 is 1.31 bits per heavy atom. The largest absolute Gasteiger partial charge is 0.444 e. The summed E-state index contributed by atoms with van der Waals surface area (Å²) in [6, 6.07) is -0.185. The number of nitrogens with zero attached hydrogens (tertiary/aromatic N) is 2. The van der Waals surface area contributed by atoms with Crippen LogP contribution in [-0.4, -0.2) is 64.2 Å². The van der Waals surface area contributed by atoms with Gasteiger partial charge in [-0.15, -0.1) is 0 Å². The summed E-state index contributed by atoms with van der Waals surface area (Å²) < 4.78 is 5.51. The first-order valence-corrected chi connectivity index (χ1v) is 10.8. The maximum atomic E-state index is 12.7. The molecule has 1 saturated heterocycles. The van der Waals surface area contributed by atoms with Crippen LogP contribution < -0.4 is 10.6 Å². The fourth-order valence-corrected chi connectivity index (χ4v) is 3.52. The number of halogens is 1. The number of carbonyl (C=O) groups excluding carboxylic acids is 2. The average molecular weight is 428 g/mol. The van der Waals surface area contributed by atoms with Crippen LogP contribution in [0.1, 0.15) is 70.2 Å². The number of likely N-dealkylation sites (tertiary alicyclic amines) is 1. The van der Waals surface area contributed by atoms with E-state index in [2.05, 4.69) is 27.5 Å². The molecule has 2 amide bonds. The van der Waals surface area contributed by atoms with E-state index in [1.165, 1.54) is 0 Å². The Hall–Kier alpha value is -1.80. The number of nitrogens with one attached hydrogen (secondary N) is 3. The molecule has 1 aromatic heterocycles. The first kappa shape index (κ1) is 23.5. The third kappa shape index (κ3) is 6.89. The van der Waals surface area contributed by atoms with Crippen molar-refractivity contribution in [2.24, 2.45) is 0 Å². The highest BCUT2D eigenvalue weighted by Crippen LogP contribution is 2.18. The van der Waals surface area contributed by atoms with Crippen LogP contribution in [0.2, 0.25) is 5.15 Å². The second-order valence-electron chi connectivity index (χ2n) is 8.42. The van der Waals surface area contributed by atoms with Crippen LogP contribution in [0.3, 0.4) is 0 Å². The van der Waals surface area contributed by atoms with E-state index in [4.69, 9.17) is 16.3 Å². The number of hydrogen-bond donors (Lipinski definition) is 3. The van der Waals surface area contributed by atoms with Gasteiger partial charge in [0.15, 0.2) is 11.0 Å². The van der Waals surface area contributed by atoms with Crippen molar-refractivity contribution in [2.75, 3.05) is 19.6 Å². The maximum absolute atomic E-state index is 12.7. The molecular weight excluding hydrogens is 394 g/mol. The first-order valence-electron chi connectivity index (χ1n) is 10.4. The number of piperidine rings is 1. The van der Waals surface area contributed by atoms with Crippen molar-refractivity contribution in [2.45, 2.75) is 78.0 Å². The smallest absolute Gasteiger partial charge is 0.410 e. The van der Waals surface area contributed by atoms with Crippen molar-refractivity contribution < 1.29 is 14.3 Å². The number of aromatic nitrogens is 2. The molecule has 3 N–H and O–H groups in total. The number of unbranched alkanes of at least 4 members (excludes halogenated alkanes) is 1. The standard InChI is InChI=1S/C20H34ClN5O3/c1-6-8-10-22-15-12-26(19(28)29-20(3,4)5)11-9-14(15)24-18(27)17-23-13(7-2)16(21)25-17/h14-15,22H,6-12H2,1-5H3,(H,23,25)(H,24,27). The summed E-state index contributed by atoms with van der Waals surface area (Å²) in [6.07, 6.45) is 3.07. The monoisotopic (exact) mass is 427 g/mol. The Labute approximate surface area is 178 Å². The van der Waals surface area contributed by atoms with Crippen molar-refractivity contribution in [3.05, 3.63) is 16.7 Å². The highest BCUT2D eigenvalue weighted by atomic mass is 35.5. The van der Waals surface area contributed by atoms with E-state index in [9.17, 15) is 9.59 Å². The minimum Gasteiger partial charge on any atom is -0.444 e. The molecule has 0 bridgehead atoms. The molecule has 29 heavy (non-hydrogen) atoms. The van der Waals surface area contributed by atoms with Crippen molar-refractivity contribution in [3.8, 4) is 0 Å². The number of hydrogen-bond acceptors (Lipinski definition) is 5. The molecule has 1 fully saturated rings. The van der Waals surface area contributed by atoms with Gasteiger partial charge in [-0.2, -0.15) is 0 Å². The zero-order chi connectivity index (χ0) is 21.6. The molecule has 164 valence electrons. The number of rotatable bonds is 7. The third-order valence-corrected chi connectivity index (χ3v) is 5.13. The molecule has 1 aliphatic heterocycles. The third-order valence-electron chi connectivity index (χ3n) is 4.81. The van der Waals surface area contributed by atoms with Gasteiger partial charge in [-0.05, 0) is 46.6 Å². The van der Waals surface area contributed by atoms with Crippen LogP contribution >= 0.6 is 11.6 Å². The van der Waals surface area contributed by atoms with Crippen molar-refractivity contribution in [1.82, 2.24) is 25.5 Å². The highest BCUT2D eigenvalue weighted by Gasteiger charge is 2.34. The van der Waals surface area contributed by atoms with Gasteiger partial charge in [0.25, 0.3) is 5.91 Å². The number of imidazole rings is 1. The van der Waals surface area contributed by atoms with Crippen LogP contribution in [0.5, 0.6) is 0 Å². The lowest BCUT2D eigenvalue weighted by atomic mass is 9.99. The maximum Gasteiger partial charge on any atom is 0.410 e. The van der Waals surface area contributed by atoms with Crippen LogP contribution in [0.4, 0.5) is 4.79 Å². The summed E-state index contributed by atoms with van der Waals surface area (Å²) in [6.45, 7) is 11.5. The topological polar surface area (TPSA) is 99.4 Å². The summed E-state index contributed by atoms with van der Waals surface area (Å²) >= 11 is 6.06. The molecule has 2 rings (SSSR count). The minimum absolute atomic E-state index is 0.0668. The Morgan fingerprint density at radius 3 is 2.62 bits per heavy atom. The van der Waals surface area contributed by atoms with Gasteiger partial charge in [0, 0.05) is 25.2 Å². The van der Waals surface area contributed by atoms with Crippen LogP contribution in [0, 0.1) is 0 Å². The first-order chi connectivity index (χ1) is 13.6. The molecule has 2 unspecified atom stereocenters. The van der Waals surface area contributed by atoms with E-state index < -0.39 is 5.60 Å². The Bertz CT molecular complexity index is 701. The summed E-state index contributed by atoms with van der Waals surface area (Å²) in [5, 5.41) is 6.86. The molecule has 0 saturated carbocycles. The van der Waals surface area contributed by atoms with Gasteiger partial charge in [0.1, 0.15) is 5.60 Å². The number of ether oxygens (including phenoxy) is 1. The summed E-state index contributed by atoms with van der Waals surface area (Å²) in [7, 11) is 0. The fourth-order valence-electron chi connectivity index (χ4n) is 3.25. The highest BCUT2D eigenvalue weighted by molar-refractivity contribution is 6.30. The van der Waals surface area contributed by atoms with E-state index in [1.54, 1.807) is 4.90 Å². The Kier molecular flexibility index (Phi) is 8.34. The fraction of sp³-hybridized carbons (Fsp3) is 0.750. The number of carbonyl (C=O) groups is 2. The van der Waals surface area contributed by atoms with Gasteiger partial charge in [0.2, 0.25) is 0 Å². The predicted molar refractivity (Wildman–Crippen MR) is 113 cm³/mol.